The molecule has 0 saturated heterocycles. The number of carbonyl (C=O) groups is 1. The van der Waals surface area contributed by atoms with Crippen molar-refractivity contribution in [2.24, 2.45) is 5.92 Å². The van der Waals surface area contributed by atoms with E-state index in [1.807, 2.05) is 6.07 Å². The first-order valence-electron chi connectivity index (χ1n) is 7.10. The molecule has 0 amide bonds. The number of benzene rings is 1. The lowest BCUT2D eigenvalue weighted by Crippen LogP contribution is -2.10. The van der Waals surface area contributed by atoms with Crippen LogP contribution in [0, 0.1) is 5.92 Å². The van der Waals surface area contributed by atoms with Gasteiger partial charge in [-0.15, -0.1) is 0 Å². The van der Waals surface area contributed by atoms with Gasteiger partial charge in [-0.2, -0.15) is 0 Å². The van der Waals surface area contributed by atoms with E-state index in [2.05, 4.69) is 34.4 Å². The molecule has 0 saturated carbocycles. The topological polar surface area (TPSA) is 76.1 Å². The van der Waals surface area contributed by atoms with Crippen LogP contribution in [0.2, 0.25) is 0 Å². The molecule has 22 heavy (non-hydrogen) atoms. The van der Waals surface area contributed by atoms with Crippen LogP contribution >= 0.6 is 0 Å². The number of rotatable bonds is 6. The van der Waals surface area contributed by atoms with E-state index in [-0.39, 0.29) is 0 Å². The molecule has 1 aromatic heterocycles. The maximum Gasteiger partial charge on any atom is 0.339 e. The van der Waals surface area contributed by atoms with Crippen LogP contribution in [0.15, 0.2) is 36.7 Å². The van der Waals surface area contributed by atoms with Crippen molar-refractivity contribution >= 4 is 23.3 Å². The molecule has 0 radical (unpaired) electrons. The summed E-state index contributed by atoms with van der Waals surface area (Å²) in [6, 6.07) is 8.93. The van der Waals surface area contributed by atoms with Crippen LogP contribution in [0.3, 0.4) is 0 Å². The van der Waals surface area contributed by atoms with Gasteiger partial charge in [0.15, 0.2) is 0 Å². The van der Waals surface area contributed by atoms with Crippen molar-refractivity contribution in [1.29, 1.82) is 0 Å². The lowest BCUT2D eigenvalue weighted by atomic mass is 10.2. The molecule has 2 rings (SSSR count). The van der Waals surface area contributed by atoms with Crippen molar-refractivity contribution in [3.63, 3.8) is 0 Å². The van der Waals surface area contributed by atoms with E-state index in [1.165, 1.54) is 13.4 Å². The van der Waals surface area contributed by atoms with Crippen LogP contribution in [-0.4, -0.2) is 29.6 Å². The molecular weight excluding hydrogens is 280 g/mol. The number of hydrogen-bond acceptors (Lipinski definition) is 6. The van der Waals surface area contributed by atoms with Gasteiger partial charge >= 0.3 is 5.97 Å². The largest absolute Gasteiger partial charge is 0.465 e. The molecule has 116 valence electrons. The molecule has 0 aliphatic rings. The number of ether oxygens (including phenoxy) is 1. The summed E-state index contributed by atoms with van der Waals surface area (Å²) in [6.45, 7) is 5.08. The zero-order valence-corrected chi connectivity index (χ0v) is 13.0. The number of methoxy groups -OCH3 is 1. The van der Waals surface area contributed by atoms with E-state index >= 15 is 0 Å². The zero-order chi connectivity index (χ0) is 15.9. The van der Waals surface area contributed by atoms with Gasteiger partial charge < -0.3 is 15.4 Å². The van der Waals surface area contributed by atoms with E-state index in [0.29, 0.717) is 23.0 Å². The van der Waals surface area contributed by atoms with E-state index in [0.717, 1.165) is 12.4 Å². The number of esters is 1. The van der Waals surface area contributed by atoms with Crippen LogP contribution in [0.5, 0.6) is 0 Å². The van der Waals surface area contributed by atoms with Gasteiger partial charge in [0, 0.05) is 12.6 Å². The normalized spacial score (nSPS) is 10.4. The highest BCUT2D eigenvalue weighted by atomic mass is 16.5. The minimum atomic E-state index is -0.393. The fraction of sp³-hybridized carbons (Fsp3) is 0.312. The van der Waals surface area contributed by atoms with E-state index in [9.17, 15) is 4.79 Å². The van der Waals surface area contributed by atoms with Gasteiger partial charge in [-0.25, -0.2) is 14.8 Å². The Morgan fingerprint density at radius 1 is 1.23 bits per heavy atom. The van der Waals surface area contributed by atoms with Crippen molar-refractivity contribution < 1.29 is 9.53 Å². The molecule has 6 heteroatoms. The van der Waals surface area contributed by atoms with E-state index < -0.39 is 5.97 Å². The molecule has 6 nitrogen and oxygen atoms in total. The summed E-state index contributed by atoms with van der Waals surface area (Å²) in [4.78, 5) is 20.1. The third-order valence-electron chi connectivity index (χ3n) is 2.95. The molecule has 0 fully saturated rings. The van der Waals surface area contributed by atoms with Gasteiger partial charge in [0.1, 0.15) is 18.0 Å². The van der Waals surface area contributed by atoms with Crippen LogP contribution in [0.25, 0.3) is 0 Å². The summed E-state index contributed by atoms with van der Waals surface area (Å²) in [5, 5.41) is 6.36. The summed E-state index contributed by atoms with van der Waals surface area (Å²) >= 11 is 0. The Bertz CT molecular complexity index is 644. The highest BCUT2D eigenvalue weighted by Crippen LogP contribution is 2.21. The fourth-order valence-electron chi connectivity index (χ4n) is 1.85. The lowest BCUT2D eigenvalue weighted by Gasteiger charge is -2.12. The van der Waals surface area contributed by atoms with Crippen molar-refractivity contribution in [1.82, 2.24) is 9.97 Å². The van der Waals surface area contributed by atoms with Gasteiger partial charge in [-0.3, -0.25) is 0 Å². The first-order valence-corrected chi connectivity index (χ1v) is 7.10. The Labute approximate surface area is 129 Å². The molecule has 0 spiro atoms. The number of aromatic nitrogens is 2. The fourth-order valence-corrected chi connectivity index (χ4v) is 1.85. The Balaban J connectivity index is 2.17. The summed E-state index contributed by atoms with van der Waals surface area (Å²) < 4.78 is 4.78. The van der Waals surface area contributed by atoms with Crippen molar-refractivity contribution in [2.45, 2.75) is 13.8 Å². The minimum absolute atomic E-state index is 0.393. The highest BCUT2D eigenvalue weighted by Gasteiger charge is 2.11. The van der Waals surface area contributed by atoms with Crippen LogP contribution in [0.4, 0.5) is 17.3 Å². The molecule has 0 aliphatic heterocycles. The summed E-state index contributed by atoms with van der Waals surface area (Å²) in [7, 11) is 1.36. The van der Waals surface area contributed by atoms with Gasteiger partial charge in [-0.05, 0) is 18.1 Å². The zero-order valence-electron chi connectivity index (χ0n) is 13.0. The smallest absolute Gasteiger partial charge is 0.339 e. The van der Waals surface area contributed by atoms with Gasteiger partial charge in [-0.1, -0.05) is 26.0 Å². The van der Waals surface area contributed by atoms with Gasteiger partial charge in [0.05, 0.1) is 18.4 Å². The number of anilines is 3. The molecule has 2 aromatic rings. The average molecular weight is 300 g/mol. The Kier molecular flexibility index (Phi) is 5.30. The van der Waals surface area contributed by atoms with Crippen LogP contribution in [-0.2, 0) is 4.74 Å². The predicted octanol–water partition coefficient (Wildman–Crippen LogP) is 3.07. The number of carbonyl (C=O) groups excluding carboxylic acids is 1. The standard InChI is InChI=1S/C16H20N4O2/c1-11(2)9-17-14-8-15(19-10-18-14)20-13-7-5-4-6-12(13)16(21)22-3/h4-8,10-11H,9H2,1-3H3,(H2,17,18,19,20). The second kappa shape index (κ2) is 7.40. The monoisotopic (exact) mass is 300 g/mol. The molecule has 2 N–H and O–H groups in total. The molecule has 0 bridgehead atoms. The van der Waals surface area contributed by atoms with E-state index in [4.69, 9.17) is 4.74 Å². The first kappa shape index (κ1) is 15.8. The maximum atomic E-state index is 11.8. The van der Waals surface area contributed by atoms with Crippen molar-refractivity contribution in [3.05, 3.63) is 42.2 Å². The quantitative estimate of drug-likeness (QED) is 0.798. The molecule has 1 heterocycles. The van der Waals surface area contributed by atoms with Crippen molar-refractivity contribution in [2.75, 3.05) is 24.3 Å². The van der Waals surface area contributed by atoms with Gasteiger partial charge in [0.25, 0.3) is 0 Å². The Hall–Kier alpha value is -2.63. The minimum Gasteiger partial charge on any atom is -0.465 e. The van der Waals surface area contributed by atoms with Gasteiger partial charge in [0.2, 0.25) is 0 Å². The second-order valence-electron chi connectivity index (χ2n) is 5.23. The Morgan fingerprint density at radius 2 is 1.95 bits per heavy atom. The van der Waals surface area contributed by atoms with Crippen LogP contribution in [0.1, 0.15) is 24.2 Å². The van der Waals surface area contributed by atoms with Crippen LogP contribution < -0.4 is 10.6 Å². The molecule has 0 atom stereocenters. The SMILES string of the molecule is COC(=O)c1ccccc1Nc1cc(NCC(C)C)ncn1. The molecular formula is C16H20N4O2. The van der Waals surface area contributed by atoms with Crippen molar-refractivity contribution in [3.8, 4) is 0 Å². The third kappa shape index (κ3) is 4.18. The first-order chi connectivity index (χ1) is 10.6. The summed E-state index contributed by atoms with van der Waals surface area (Å²) in [6.07, 6.45) is 1.48. The molecule has 0 aliphatic carbocycles. The Morgan fingerprint density at radius 3 is 2.68 bits per heavy atom. The number of nitrogens with one attached hydrogen (secondary N) is 2. The average Bonchev–Trinajstić information content (AvgIpc) is 2.53. The lowest BCUT2D eigenvalue weighted by molar-refractivity contribution is 0.0602. The summed E-state index contributed by atoms with van der Waals surface area (Å²) in [5.41, 5.74) is 1.10. The second-order valence-corrected chi connectivity index (χ2v) is 5.23. The summed E-state index contributed by atoms with van der Waals surface area (Å²) in [5.74, 6) is 1.47. The number of para-hydroxylation sites is 1. The third-order valence-corrected chi connectivity index (χ3v) is 2.95. The van der Waals surface area contributed by atoms with E-state index in [1.54, 1.807) is 24.3 Å². The maximum absolute atomic E-state index is 11.8. The molecule has 0 unspecified atom stereocenters. The predicted molar refractivity (Wildman–Crippen MR) is 86.4 cm³/mol. The number of nitrogens with zero attached hydrogens (tertiary/aromatic N) is 2. The highest BCUT2D eigenvalue weighted by molar-refractivity contribution is 5.96. The molecule has 1 aromatic carbocycles. The number of hydrogen-bond donors (Lipinski definition) is 2.